The Labute approximate surface area is 169 Å². The Hall–Kier alpha value is -3.38. The Morgan fingerprint density at radius 1 is 0.931 bits per heavy atom. The number of para-hydroxylation sites is 1. The Morgan fingerprint density at radius 2 is 1.62 bits per heavy atom. The highest BCUT2D eigenvalue weighted by atomic mass is 16.5. The number of nitrogens with one attached hydrogen (secondary N) is 2. The van der Waals surface area contributed by atoms with Crippen LogP contribution in [0.5, 0.6) is 5.75 Å². The fourth-order valence-corrected chi connectivity index (χ4v) is 3.20. The molecule has 3 rings (SSSR count). The first-order chi connectivity index (χ1) is 14.1. The van der Waals surface area contributed by atoms with Crippen LogP contribution in [0.2, 0.25) is 0 Å². The normalized spacial score (nSPS) is 11.7. The molecule has 0 aromatic heterocycles. The average molecular weight is 392 g/mol. The molecule has 0 radical (unpaired) electrons. The highest BCUT2D eigenvalue weighted by molar-refractivity contribution is 6.35. The molecule has 3 N–H and O–H groups in total. The Balaban J connectivity index is 1.49. The number of hydrogen-bond acceptors (Lipinski definition) is 4. The molecule has 3 aromatic rings. The van der Waals surface area contributed by atoms with Gasteiger partial charge >= 0.3 is 11.8 Å². The molecule has 0 saturated carbocycles. The maximum absolute atomic E-state index is 12.0. The van der Waals surface area contributed by atoms with Gasteiger partial charge in [0.25, 0.3) is 0 Å². The minimum Gasteiger partial charge on any atom is -0.496 e. The molecule has 29 heavy (non-hydrogen) atoms. The van der Waals surface area contributed by atoms with Crippen molar-refractivity contribution >= 4 is 22.6 Å². The molecule has 0 spiro atoms. The van der Waals surface area contributed by atoms with Gasteiger partial charge in [-0.3, -0.25) is 9.59 Å². The Kier molecular flexibility index (Phi) is 6.81. The SMILES string of the molecule is COc1ccccc1CNC(=O)C(=O)NCCC(O)c1cccc2ccccc12. The van der Waals surface area contributed by atoms with Crippen molar-refractivity contribution < 1.29 is 19.4 Å². The second kappa shape index (κ2) is 9.71. The van der Waals surface area contributed by atoms with Crippen LogP contribution in [-0.4, -0.2) is 30.6 Å². The first kappa shape index (κ1) is 20.4. The average Bonchev–Trinajstić information content (AvgIpc) is 2.76. The van der Waals surface area contributed by atoms with Crippen LogP contribution in [0.15, 0.2) is 66.7 Å². The van der Waals surface area contributed by atoms with E-state index in [4.69, 9.17) is 4.74 Å². The molecule has 0 bridgehead atoms. The van der Waals surface area contributed by atoms with Gasteiger partial charge < -0.3 is 20.5 Å². The van der Waals surface area contributed by atoms with Crippen LogP contribution in [0.1, 0.15) is 23.7 Å². The van der Waals surface area contributed by atoms with Gasteiger partial charge in [-0.15, -0.1) is 0 Å². The maximum atomic E-state index is 12.0. The second-order valence-electron chi connectivity index (χ2n) is 6.62. The molecular weight excluding hydrogens is 368 g/mol. The number of rotatable bonds is 7. The van der Waals surface area contributed by atoms with E-state index in [1.165, 1.54) is 0 Å². The van der Waals surface area contributed by atoms with E-state index < -0.39 is 17.9 Å². The van der Waals surface area contributed by atoms with E-state index in [1.807, 2.05) is 60.7 Å². The van der Waals surface area contributed by atoms with Gasteiger partial charge in [0.2, 0.25) is 0 Å². The van der Waals surface area contributed by atoms with Crippen molar-refractivity contribution in [3.8, 4) is 5.75 Å². The van der Waals surface area contributed by atoms with Crippen molar-refractivity contribution in [2.75, 3.05) is 13.7 Å². The van der Waals surface area contributed by atoms with E-state index in [1.54, 1.807) is 13.2 Å². The summed E-state index contributed by atoms with van der Waals surface area (Å²) in [5.41, 5.74) is 1.58. The zero-order valence-electron chi connectivity index (χ0n) is 16.2. The minimum absolute atomic E-state index is 0.186. The second-order valence-corrected chi connectivity index (χ2v) is 6.62. The third-order valence-corrected chi connectivity index (χ3v) is 4.72. The molecule has 1 atom stereocenters. The standard InChI is InChI=1S/C23H24N2O4/c1-29-21-12-5-3-8-17(21)15-25-23(28)22(27)24-14-13-20(26)19-11-6-9-16-7-2-4-10-18(16)19/h2-12,20,26H,13-15H2,1H3,(H,24,27)(H,25,28). The lowest BCUT2D eigenvalue weighted by atomic mass is 9.99. The van der Waals surface area contributed by atoms with Crippen molar-refractivity contribution in [3.05, 3.63) is 77.9 Å². The highest BCUT2D eigenvalue weighted by Crippen LogP contribution is 2.25. The first-order valence-corrected chi connectivity index (χ1v) is 9.44. The van der Waals surface area contributed by atoms with Crippen LogP contribution in [0.3, 0.4) is 0 Å². The van der Waals surface area contributed by atoms with E-state index in [-0.39, 0.29) is 13.1 Å². The lowest BCUT2D eigenvalue weighted by molar-refractivity contribution is -0.139. The van der Waals surface area contributed by atoms with Crippen LogP contribution in [0, 0.1) is 0 Å². The van der Waals surface area contributed by atoms with Crippen LogP contribution in [-0.2, 0) is 16.1 Å². The number of carbonyl (C=O) groups excluding carboxylic acids is 2. The van der Waals surface area contributed by atoms with E-state index in [9.17, 15) is 14.7 Å². The van der Waals surface area contributed by atoms with Crippen molar-refractivity contribution in [2.45, 2.75) is 19.1 Å². The lowest BCUT2D eigenvalue weighted by Gasteiger charge is -2.14. The van der Waals surface area contributed by atoms with Crippen molar-refractivity contribution in [3.63, 3.8) is 0 Å². The fraction of sp³-hybridized carbons (Fsp3) is 0.217. The minimum atomic E-state index is -0.738. The van der Waals surface area contributed by atoms with Crippen molar-refractivity contribution in [1.29, 1.82) is 0 Å². The van der Waals surface area contributed by atoms with Gasteiger partial charge in [0.15, 0.2) is 0 Å². The number of amides is 2. The maximum Gasteiger partial charge on any atom is 0.309 e. The summed E-state index contributed by atoms with van der Waals surface area (Å²) in [5, 5.41) is 17.7. The zero-order valence-corrected chi connectivity index (χ0v) is 16.2. The molecule has 0 aliphatic heterocycles. The smallest absolute Gasteiger partial charge is 0.309 e. The monoisotopic (exact) mass is 392 g/mol. The number of benzene rings is 3. The molecule has 0 heterocycles. The predicted octanol–water partition coefficient (Wildman–Crippen LogP) is 2.70. The highest BCUT2D eigenvalue weighted by Gasteiger charge is 2.15. The number of hydrogen-bond donors (Lipinski definition) is 3. The number of carbonyl (C=O) groups is 2. The molecule has 3 aromatic carbocycles. The van der Waals surface area contributed by atoms with Crippen molar-refractivity contribution in [2.24, 2.45) is 0 Å². The number of methoxy groups -OCH3 is 1. The van der Waals surface area contributed by atoms with Gasteiger partial charge in [-0.1, -0.05) is 60.7 Å². The van der Waals surface area contributed by atoms with Gasteiger partial charge in [0.1, 0.15) is 5.75 Å². The third-order valence-electron chi connectivity index (χ3n) is 4.72. The van der Waals surface area contributed by atoms with Gasteiger partial charge in [-0.2, -0.15) is 0 Å². The van der Waals surface area contributed by atoms with E-state index in [2.05, 4.69) is 10.6 Å². The largest absolute Gasteiger partial charge is 0.496 e. The Morgan fingerprint density at radius 3 is 2.45 bits per heavy atom. The van der Waals surface area contributed by atoms with E-state index in [0.717, 1.165) is 21.9 Å². The summed E-state index contributed by atoms with van der Waals surface area (Å²) in [4.78, 5) is 24.0. The zero-order chi connectivity index (χ0) is 20.6. The van der Waals surface area contributed by atoms with Crippen LogP contribution in [0.25, 0.3) is 10.8 Å². The van der Waals surface area contributed by atoms with E-state index >= 15 is 0 Å². The summed E-state index contributed by atoms with van der Waals surface area (Å²) in [5.74, 6) is -0.813. The quantitative estimate of drug-likeness (QED) is 0.540. The molecular formula is C23H24N2O4. The molecule has 6 heteroatoms. The summed E-state index contributed by atoms with van der Waals surface area (Å²) < 4.78 is 5.22. The molecule has 150 valence electrons. The van der Waals surface area contributed by atoms with Gasteiger partial charge in [-0.05, 0) is 28.8 Å². The van der Waals surface area contributed by atoms with Crippen LogP contribution >= 0.6 is 0 Å². The molecule has 0 fully saturated rings. The van der Waals surface area contributed by atoms with Gasteiger partial charge in [0, 0.05) is 18.7 Å². The summed E-state index contributed by atoms with van der Waals surface area (Å²) >= 11 is 0. The molecule has 0 aliphatic rings. The summed E-state index contributed by atoms with van der Waals surface area (Å²) in [6.07, 6.45) is -0.433. The number of aliphatic hydroxyl groups excluding tert-OH is 1. The summed E-state index contributed by atoms with van der Waals surface area (Å²) in [6, 6.07) is 20.8. The summed E-state index contributed by atoms with van der Waals surface area (Å²) in [7, 11) is 1.55. The lowest BCUT2D eigenvalue weighted by Crippen LogP contribution is -2.40. The van der Waals surface area contributed by atoms with E-state index in [0.29, 0.717) is 12.2 Å². The molecule has 2 amide bonds. The number of fused-ring (bicyclic) bond motifs is 1. The predicted molar refractivity (Wildman–Crippen MR) is 111 cm³/mol. The topological polar surface area (TPSA) is 87.7 Å². The molecule has 0 saturated heterocycles. The third kappa shape index (κ3) is 5.12. The number of aliphatic hydroxyl groups is 1. The molecule has 6 nitrogen and oxygen atoms in total. The van der Waals surface area contributed by atoms with Crippen LogP contribution < -0.4 is 15.4 Å². The fourth-order valence-electron chi connectivity index (χ4n) is 3.20. The van der Waals surface area contributed by atoms with Gasteiger partial charge in [-0.25, -0.2) is 0 Å². The molecule has 0 aliphatic carbocycles. The Bertz CT molecular complexity index is 998. The summed E-state index contributed by atoms with van der Waals surface area (Å²) in [6.45, 7) is 0.375. The molecule has 1 unspecified atom stereocenters. The number of ether oxygens (including phenoxy) is 1. The van der Waals surface area contributed by atoms with Crippen LogP contribution in [0.4, 0.5) is 0 Å². The first-order valence-electron chi connectivity index (χ1n) is 9.44. The van der Waals surface area contributed by atoms with Gasteiger partial charge in [0.05, 0.1) is 13.2 Å². The van der Waals surface area contributed by atoms with Crippen molar-refractivity contribution in [1.82, 2.24) is 10.6 Å².